The zero-order chi connectivity index (χ0) is 11.3. The highest BCUT2D eigenvalue weighted by Crippen LogP contribution is 2.40. The Morgan fingerprint density at radius 1 is 1.53 bits per heavy atom. The molecule has 0 aromatic carbocycles. The van der Waals surface area contributed by atoms with Crippen LogP contribution in [-0.4, -0.2) is 12.1 Å². The third-order valence-corrected chi connectivity index (χ3v) is 3.01. The first kappa shape index (κ1) is 12.0. The Balaban J connectivity index is 2.49. The molecule has 0 aromatic heterocycles. The second-order valence-electron chi connectivity index (χ2n) is 4.27. The summed E-state index contributed by atoms with van der Waals surface area (Å²) in [6.45, 7) is 7.72. The molecular formula is C13H20O2. The Hall–Kier alpha value is -1.05. The largest absolute Gasteiger partial charge is 0.460 e. The zero-order valence-corrected chi connectivity index (χ0v) is 9.66. The molecule has 1 rings (SSSR count). The minimum Gasteiger partial charge on any atom is -0.460 e. The van der Waals surface area contributed by atoms with Crippen LogP contribution in [0, 0.1) is 5.41 Å². The number of allylic oxidation sites excluding steroid dienone is 2. The van der Waals surface area contributed by atoms with Gasteiger partial charge in [-0.3, -0.25) is 4.79 Å². The van der Waals surface area contributed by atoms with Crippen LogP contribution < -0.4 is 0 Å². The molecule has 2 nitrogen and oxygen atoms in total. The predicted octanol–water partition coefficient (Wildman–Crippen LogP) is 3.24. The van der Waals surface area contributed by atoms with E-state index in [-0.39, 0.29) is 12.1 Å². The highest BCUT2D eigenvalue weighted by Gasteiger charge is 2.51. The molecule has 1 heterocycles. The van der Waals surface area contributed by atoms with Gasteiger partial charge in [-0.05, 0) is 19.8 Å². The summed E-state index contributed by atoms with van der Waals surface area (Å²) in [5.74, 6) is -0.109. The van der Waals surface area contributed by atoms with Crippen molar-refractivity contribution >= 4 is 5.97 Å². The molecule has 0 radical (unpaired) electrons. The van der Waals surface area contributed by atoms with Crippen LogP contribution in [0.1, 0.15) is 39.5 Å². The number of hydrogen-bond acceptors (Lipinski definition) is 2. The fourth-order valence-corrected chi connectivity index (χ4v) is 1.83. The molecule has 1 saturated heterocycles. The summed E-state index contributed by atoms with van der Waals surface area (Å²) >= 11 is 0. The van der Waals surface area contributed by atoms with Crippen molar-refractivity contribution in [2.45, 2.75) is 45.6 Å². The molecule has 1 aliphatic rings. The molecule has 15 heavy (non-hydrogen) atoms. The Labute approximate surface area is 92.0 Å². The quantitative estimate of drug-likeness (QED) is 0.380. The van der Waals surface area contributed by atoms with Gasteiger partial charge in [-0.1, -0.05) is 44.6 Å². The molecule has 0 unspecified atom stereocenters. The van der Waals surface area contributed by atoms with E-state index in [0.717, 1.165) is 12.8 Å². The van der Waals surface area contributed by atoms with E-state index < -0.39 is 5.41 Å². The van der Waals surface area contributed by atoms with Crippen LogP contribution in [0.5, 0.6) is 0 Å². The average Bonchev–Trinajstić information content (AvgIpc) is 2.25. The highest BCUT2D eigenvalue weighted by molar-refractivity contribution is 5.85. The molecule has 0 bridgehead atoms. The molecule has 0 saturated carbocycles. The van der Waals surface area contributed by atoms with Gasteiger partial charge in [0, 0.05) is 0 Å². The van der Waals surface area contributed by atoms with Gasteiger partial charge in [0.1, 0.15) is 11.5 Å². The minimum absolute atomic E-state index is 0.0627. The second kappa shape index (κ2) is 5.15. The predicted molar refractivity (Wildman–Crippen MR) is 61.5 cm³/mol. The summed E-state index contributed by atoms with van der Waals surface area (Å²) in [6, 6.07) is 0. The van der Waals surface area contributed by atoms with E-state index in [2.05, 4.69) is 13.5 Å². The maximum atomic E-state index is 11.4. The normalized spacial score (nSPS) is 30.0. The first-order chi connectivity index (χ1) is 7.15. The lowest BCUT2D eigenvalue weighted by molar-refractivity contribution is -0.196. The Kier molecular flexibility index (Phi) is 4.13. The molecule has 0 spiro atoms. The van der Waals surface area contributed by atoms with E-state index in [9.17, 15) is 4.79 Å². The topological polar surface area (TPSA) is 26.3 Å². The van der Waals surface area contributed by atoms with Crippen LogP contribution in [0.2, 0.25) is 0 Å². The molecule has 0 amide bonds. The standard InChI is InChI=1S/C13H20O2/c1-4-6-8-9-11-13(3,10-7-5-2)12(14)15-11/h5,7,10-11H,2,4,6,8-9H2,1,3H3/t11-,13+/m1/s1. The zero-order valence-electron chi connectivity index (χ0n) is 9.66. The van der Waals surface area contributed by atoms with Crippen LogP contribution in [0.3, 0.4) is 0 Å². The third kappa shape index (κ3) is 2.49. The van der Waals surface area contributed by atoms with Crippen LogP contribution >= 0.6 is 0 Å². The lowest BCUT2D eigenvalue weighted by atomic mass is 9.76. The summed E-state index contributed by atoms with van der Waals surface area (Å²) in [6.07, 6.45) is 9.99. The van der Waals surface area contributed by atoms with E-state index in [1.165, 1.54) is 12.8 Å². The molecule has 1 aliphatic heterocycles. The Morgan fingerprint density at radius 3 is 2.80 bits per heavy atom. The maximum Gasteiger partial charge on any atom is 0.319 e. The number of ether oxygens (including phenoxy) is 1. The van der Waals surface area contributed by atoms with Gasteiger partial charge in [0.25, 0.3) is 0 Å². The van der Waals surface area contributed by atoms with Gasteiger partial charge >= 0.3 is 5.97 Å². The van der Waals surface area contributed by atoms with Gasteiger partial charge in [-0.15, -0.1) is 0 Å². The van der Waals surface area contributed by atoms with Gasteiger partial charge in [0.2, 0.25) is 0 Å². The van der Waals surface area contributed by atoms with Crippen LogP contribution in [-0.2, 0) is 9.53 Å². The van der Waals surface area contributed by atoms with Crippen LogP contribution in [0.25, 0.3) is 0 Å². The molecular weight excluding hydrogens is 188 g/mol. The Bertz CT molecular complexity index is 268. The van der Waals surface area contributed by atoms with Crippen LogP contribution in [0.15, 0.2) is 24.8 Å². The van der Waals surface area contributed by atoms with Crippen molar-refractivity contribution in [2.24, 2.45) is 5.41 Å². The molecule has 84 valence electrons. The number of rotatable bonds is 6. The van der Waals surface area contributed by atoms with Gasteiger partial charge in [0.15, 0.2) is 0 Å². The van der Waals surface area contributed by atoms with Gasteiger partial charge in [0.05, 0.1) is 0 Å². The summed E-state index contributed by atoms with van der Waals surface area (Å²) in [5.41, 5.74) is -0.415. The van der Waals surface area contributed by atoms with E-state index in [4.69, 9.17) is 4.74 Å². The number of cyclic esters (lactones) is 1. The van der Waals surface area contributed by atoms with Gasteiger partial charge < -0.3 is 4.74 Å². The molecule has 2 heteroatoms. The van der Waals surface area contributed by atoms with E-state index in [1.807, 2.05) is 19.1 Å². The summed E-state index contributed by atoms with van der Waals surface area (Å²) in [4.78, 5) is 11.4. The first-order valence-corrected chi connectivity index (χ1v) is 5.66. The molecule has 0 aliphatic carbocycles. The summed E-state index contributed by atoms with van der Waals surface area (Å²) in [7, 11) is 0. The second-order valence-corrected chi connectivity index (χ2v) is 4.27. The minimum atomic E-state index is -0.415. The lowest BCUT2D eigenvalue weighted by Gasteiger charge is -2.42. The Morgan fingerprint density at radius 2 is 2.27 bits per heavy atom. The number of carbonyl (C=O) groups excluding carboxylic acids is 1. The average molecular weight is 208 g/mol. The molecule has 0 N–H and O–H groups in total. The van der Waals surface area contributed by atoms with Crippen LogP contribution in [0.4, 0.5) is 0 Å². The lowest BCUT2D eigenvalue weighted by Crippen LogP contribution is -2.53. The van der Waals surface area contributed by atoms with E-state index in [1.54, 1.807) is 6.08 Å². The number of esters is 1. The first-order valence-electron chi connectivity index (χ1n) is 5.66. The molecule has 1 fully saturated rings. The van der Waals surface area contributed by atoms with Crippen molar-refractivity contribution in [1.82, 2.24) is 0 Å². The van der Waals surface area contributed by atoms with Gasteiger partial charge in [-0.25, -0.2) is 0 Å². The highest BCUT2D eigenvalue weighted by atomic mass is 16.6. The summed E-state index contributed by atoms with van der Waals surface area (Å²) in [5, 5.41) is 0. The fraction of sp³-hybridized carbons (Fsp3) is 0.615. The monoisotopic (exact) mass is 208 g/mol. The SMILES string of the molecule is C=CC=C[C@]1(C)C(=O)O[C@@H]1CCCCC. The summed E-state index contributed by atoms with van der Waals surface area (Å²) < 4.78 is 5.17. The van der Waals surface area contributed by atoms with Crippen molar-refractivity contribution in [3.8, 4) is 0 Å². The smallest absolute Gasteiger partial charge is 0.319 e. The van der Waals surface area contributed by atoms with Gasteiger partial charge in [-0.2, -0.15) is 0 Å². The van der Waals surface area contributed by atoms with E-state index in [0.29, 0.717) is 0 Å². The van der Waals surface area contributed by atoms with Crippen molar-refractivity contribution in [2.75, 3.05) is 0 Å². The third-order valence-electron chi connectivity index (χ3n) is 3.01. The van der Waals surface area contributed by atoms with Crippen molar-refractivity contribution < 1.29 is 9.53 Å². The fourth-order valence-electron chi connectivity index (χ4n) is 1.83. The molecule has 0 aromatic rings. The van der Waals surface area contributed by atoms with Crippen molar-refractivity contribution in [1.29, 1.82) is 0 Å². The van der Waals surface area contributed by atoms with Crippen molar-refractivity contribution in [3.05, 3.63) is 24.8 Å². The van der Waals surface area contributed by atoms with Crippen molar-refractivity contribution in [3.63, 3.8) is 0 Å². The number of hydrogen-bond donors (Lipinski definition) is 0. The van der Waals surface area contributed by atoms with E-state index >= 15 is 0 Å². The number of carbonyl (C=O) groups is 1. The number of unbranched alkanes of at least 4 members (excludes halogenated alkanes) is 2. The molecule has 2 atom stereocenters. The maximum absolute atomic E-state index is 11.4.